The molecule has 0 radical (unpaired) electrons. The number of unbranched alkanes of at least 4 members (excludes halogenated alkanes) is 4. The van der Waals surface area contributed by atoms with Crippen LogP contribution in [0.5, 0.6) is 0 Å². The predicted molar refractivity (Wildman–Crippen MR) is 124 cm³/mol. The largest absolute Gasteiger partial charge is 0.294 e. The Morgan fingerprint density at radius 3 is 1.23 bits per heavy atom. The Labute approximate surface area is 181 Å². The molecule has 0 saturated carbocycles. The first-order valence-corrected chi connectivity index (χ1v) is 12.0. The molecule has 0 heterocycles. The maximum Gasteiger partial charge on any atom is 0.162 e. The molecule has 0 amide bonds. The van der Waals surface area contributed by atoms with Crippen molar-refractivity contribution < 1.29 is 9.59 Å². The molecule has 0 aromatic heterocycles. The third-order valence-electron chi connectivity index (χ3n) is 6.84. The Hall–Kier alpha value is -2.22. The van der Waals surface area contributed by atoms with Crippen LogP contribution in [0.25, 0.3) is 11.1 Å². The zero-order valence-electron chi connectivity index (χ0n) is 18.6. The molecule has 2 aromatic rings. The normalized spacial score (nSPS) is 13.8. The van der Waals surface area contributed by atoms with Crippen LogP contribution in [0.15, 0.2) is 24.3 Å². The summed E-state index contributed by atoms with van der Waals surface area (Å²) in [6, 6.07) is 8.65. The fraction of sp³-hybridized carbons (Fsp3) is 0.500. The summed E-state index contributed by atoms with van der Waals surface area (Å²) in [5, 5.41) is 0. The minimum absolute atomic E-state index is 0.298. The Kier molecular flexibility index (Phi) is 6.51. The van der Waals surface area contributed by atoms with Crippen LogP contribution >= 0.6 is 0 Å². The molecule has 2 aromatic carbocycles. The first-order chi connectivity index (χ1) is 14.6. The summed E-state index contributed by atoms with van der Waals surface area (Å²) in [5.74, 6) is 0.597. The Balaban J connectivity index is 1.64. The molecule has 0 fully saturated rings. The molecule has 0 N–H and O–H groups in total. The number of hydrogen-bond acceptors (Lipinski definition) is 2. The smallest absolute Gasteiger partial charge is 0.162 e. The van der Waals surface area contributed by atoms with Gasteiger partial charge < -0.3 is 0 Å². The van der Waals surface area contributed by atoms with Crippen LogP contribution in [0.1, 0.15) is 108 Å². The Morgan fingerprint density at radius 2 is 0.933 bits per heavy atom. The SMILES string of the molecule is CCCCCC(=O)c1cc2c3c(c1)CCc1cc(C(=O)CCCCC)cc(c1-3)CC2. The third kappa shape index (κ3) is 4.15. The lowest BCUT2D eigenvalue weighted by molar-refractivity contribution is 0.0971. The highest BCUT2D eigenvalue weighted by Crippen LogP contribution is 2.43. The van der Waals surface area contributed by atoms with Gasteiger partial charge in [0, 0.05) is 24.0 Å². The van der Waals surface area contributed by atoms with Crippen LogP contribution in [0, 0.1) is 0 Å². The maximum absolute atomic E-state index is 12.7. The molecule has 0 aliphatic heterocycles. The van der Waals surface area contributed by atoms with Crippen molar-refractivity contribution >= 4 is 11.6 Å². The van der Waals surface area contributed by atoms with Crippen LogP contribution in [-0.2, 0) is 25.7 Å². The van der Waals surface area contributed by atoms with Gasteiger partial charge in [0.05, 0.1) is 0 Å². The predicted octanol–water partition coefficient (Wildman–Crippen LogP) is 7.08. The molecule has 0 atom stereocenters. The van der Waals surface area contributed by atoms with Crippen molar-refractivity contribution in [2.75, 3.05) is 0 Å². The van der Waals surface area contributed by atoms with Crippen molar-refractivity contribution in [1.82, 2.24) is 0 Å². The molecule has 2 heteroatoms. The van der Waals surface area contributed by atoms with Gasteiger partial charge >= 0.3 is 0 Å². The van der Waals surface area contributed by atoms with Crippen LogP contribution in [0.3, 0.4) is 0 Å². The molecule has 4 rings (SSSR count). The average Bonchev–Trinajstić information content (AvgIpc) is 2.77. The van der Waals surface area contributed by atoms with Gasteiger partial charge in [-0.25, -0.2) is 0 Å². The van der Waals surface area contributed by atoms with Crippen LogP contribution in [0.4, 0.5) is 0 Å². The number of aryl methyl sites for hydroxylation is 4. The van der Waals surface area contributed by atoms with Crippen molar-refractivity contribution in [2.24, 2.45) is 0 Å². The van der Waals surface area contributed by atoms with E-state index in [0.717, 1.165) is 75.3 Å². The van der Waals surface area contributed by atoms with Crippen LogP contribution in [-0.4, -0.2) is 11.6 Å². The zero-order chi connectivity index (χ0) is 21.1. The molecule has 2 nitrogen and oxygen atoms in total. The number of hydrogen-bond donors (Lipinski definition) is 0. The monoisotopic (exact) mass is 402 g/mol. The molecule has 2 aliphatic carbocycles. The van der Waals surface area contributed by atoms with E-state index in [-0.39, 0.29) is 0 Å². The molecule has 158 valence electrons. The van der Waals surface area contributed by atoms with Crippen LogP contribution < -0.4 is 0 Å². The van der Waals surface area contributed by atoms with E-state index in [0.29, 0.717) is 24.4 Å². The number of carbonyl (C=O) groups is 2. The van der Waals surface area contributed by atoms with Crippen molar-refractivity contribution in [2.45, 2.75) is 90.9 Å². The van der Waals surface area contributed by atoms with E-state index >= 15 is 0 Å². The summed E-state index contributed by atoms with van der Waals surface area (Å²) < 4.78 is 0. The lowest BCUT2D eigenvalue weighted by Gasteiger charge is -2.30. The highest BCUT2D eigenvalue weighted by atomic mass is 16.1. The number of ketones is 2. The third-order valence-corrected chi connectivity index (χ3v) is 6.84. The first-order valence-electron chi connectivity index (χ1n) is 12.0. The van der Waals surface area contributed by atoms with Gasteiger partial charge in [-0.15, -0.1) is 0 Å². The highest BCUT2D eigenvalue weighted by Gasteiger charge is 2.28. The Bertz CT molecular complexity index is 837. The van der Waals surface area contributed by atoms with E-state index in [4.69, 9.17) is 0 Å². The summed E-state index contributed by atoms with van der Waals surface area (Å²) >= 11 is 0. The van der Waals surface area contributed by atoms with Crippen LogP contribution in [0.2, 0.25) is 0 Å². The minimum atomic E-state index is 0.298. The maximum atomic E-state index is 12.7. The second-order valence-electron chi connectivity index (χ2n) is 9.10. The molecule has 30 heavy (non-hydrogen) atoms. The van der Waals surface area contributed by atoms with E-state index in [1.54, 1.807) is 0 Å². The second-order valence-corrected chi connectivity index (χ2v) is 9.10. The summed E-state index contributed by atoms with van der Waals surface area (Å²) in [4.78, 5) is 25.4. The number of carbonyl (C=O) groups excluding carboxylic acids is 2. The lowest BCUT2D eigenvalue weighted by Crippen LogP contribution is -2.17. The van der Waals surface area contributed by atoms with Crippen molar-refractivity contribution in [3.8, 4) is 11.1 Å². The fourth-order valence-electron chi connectivity index (χ4n) is 5.19. The van der Waals surface area contributed by atoms with E-state index in [2.05, 4.69) is 38.1 Å². The lowest BCUT2D eigenvalue weighted by atomic mass is 9.73. The minimum Gasteiger partial charge on any atom is -0.294 e. The molecule has 0 spiro atoms. The molecule has 0 saturated heterocycles. The second kappa shape index (κ2) is 9.29. The molecule has 2 aliphatic rings. The van der Waals surface area contributed by atoms with Crippen molar-refractivity contribution in [3.05, 3.63) is 57.6 Å². The quantitative estimate of drug-likeness (QED) is 0.314. The summed E-state index contributed by atoms with van der Waals surface area (Å²) in [6.07, 6.45) is 11.7. The first kappa shape index (κ1) is 21.0. The number of rotatable bonds is 10. The zero-order valence-corrected chi connectivity index (χ0v) is 18.6. The fourth-order valence-corrected chi connectivity index (χ4v) is 5.19. The molecular formula is C28H34O2. The van der Waals surface area contributed by atoms with Crippen molar-refractivity contribution in [1.29, 1.82) is 0 Å². The van der Waals surface area contributed by atoms with Crippen molar-refractivity contribution in [3.63, 3.8) is 0 Å². The molecular weight excluding hydrogens is 368 g/mol. The van der Waals surface area contributed by atoms with Gasteiger partial charge in [-0.1, -0.05) is 39.5 Å². The number of Topliss-reactive ketones (excluding diaryl/α,β-unsaturated/α-hetero) is 2. The topological polar surface area (TPSA) is 34.1 Å². The van der Waals surface area contributed by atoms with E-state index in [9.17, 15) is 9.59 Å². The van der Waals surface area contributed by atoms with E-state index in [1.807, 2.05) is 0 Å². The van der Waals surface area contributed by atoms with E-state index < -0.39 is 0 Å². The average molecular weight is 403 g/mol. The number of benzene rings is 2. The highest BCUT2D eigenvalue weighted by molar-refractivity contribution is 5.99. The van der Waals surface area contributed by atoms with Gasteiger partial charge in [-0.2, -0.15) is 0 Å². The van der Waals surface area contributed by atoms with Gasteiger partial charge in [0.1, 0.15) is 0 Å². The van der Waals surface area contributed by atoms with Gasteiger partial charge in [-0.3, -0.25) is 9.59 Å². The van der Waals surface area contributed by atoms with Gasteiger partial charge in [0.2, 0.25) is 0 Å². The van der Waals surface area contributed by atoms with Gasteiger partial charge in [-0.05, 0) is 96.2 Å². The van der Waals surface area contributed by atoms with Gasteiger partial charge in [0.15, 0.2) is 11.6 Å². The van der Waals surface area contributed by atoms with E-state index in [1.165, 1.54) is 33.4 Å². The standard InChI is InChI=1S/C28H34O2/c1-3-5-7-9-25(29)23-15-19-11-13-21-17-24(26(30)10-8-6-4-2)18-22-14-12-20(16-23)27(19)28(21)22/h15-18H,3-14H2,1-2H3. The Morgan fingerprint density at radius 1 is 0.600 bits per heavy atom. The summed E-state index contributed by atoms with van der Waals surface area (Å²) in [7, 11) is 0. The molecule has 0 bridgehead atoms. The summed E-state index contributed by atoms with van der Waals surface area (Å²) in [5.41, 5.74) is 9.90. The molecule has 0 unspecified atom stereocenters. The van der Waals surface area contributed by atoms with Gasteiger partial charge in [0.25, 0.3) is 0 Å². The summed E-state index contributed by atoms with van der Waals surface area (Å²) in [6.45, 7) is 4.35.